The van der Waals surface area contributed by atoms with E-state index in [1.54, 1.807) is 48.5 Å². The predicted molar refractivity (Wildman–Crippen MR) is 144 cm³/mol. The van der Waals surface area contributed by atoms with Gasteiger partial charge < -0.3 is 14.9 Å². The molecule has 37 heavy (non-hydrogen) atoms. The highest BCUT2D eigenvalue weighted by Gasteiger charge is 2.47. The van der Waals surface area contributed by atoms with Crippen molar-refractivity contribution in [3.8, 4) is 11.5 Å². The van der Waals surface area contributed by atoms with Crippen molar-refractivity contribution in [3.63, 3.8) is 0 Å². The summed E-state index contributed by atoms with van der Waals surface area (Å²) >= 11 is 0. The van der Waals surface area contributed by atoms with E-state index >= 15 is 0 Å². The van der Waals surface area contributed by atoms with Gasteiger partial charge in [0, 0.05) is 11.3 Å². The van der Waals surface area contributed by atoms with Crippen LogP contribution < -0.4 is 9.64 Å². The van der Waals surface area contributed by atoms with E-state index in [2.05, 4.69) is 13.8 Å². The Morgan fingerprint density at radius 2 is 1.62 bits per heavy atom. The van der Waals surface area contributed by atoms with E-state index in [0.717, 1.165) is 10.8 Å². The van der Waals surface area contributed by atoms with Gasteiger partial charge in [-0.15, -0.1) is 0 Å². The second kappa shape index (κ2) is 9.82. The van der Waals surface area contributed by atoms with Gasteiger partial charge in [-0.25, -0.2) is 0 Å². The first kappa shape index (κ1) is 24.1. The van der Waals surface area contributed by atoms with Gasteiger partial charge in [0.2, 0.25) is 0 Å². The third kappa shape index (κ3) is 4.66. The van der Waals surface area contributed by atoms with Crippen molar-refractivity contribution >= 4 is 33.9 Å². The lowest BCUT2D eigenvalue weighted by molar-refractivity contribution is -0.132. The maximum atomic E-state index is 13.4. The van der Waals surface area contributed by atoms with Crippen LogP contribution in [0.3, 0.4) is 0 Å². The lowest BCUT2D eigenvalue weighted by atomic mass is 9.94. The molecular formula is C31H27NO5. The van der Waals surface area contributed by atoms with E-state index in [4.69, 9.17) is 4.74 Å². The zero-order valence-corrected chi connectivity index (χ0v) is 20.6. The summed E-state index contributed by atoms with van der Waals surface area (Å²) in [5.74, 6) is -0.814. The van der Waals surface area contributed by atoms with Gasteiger partial charge in [-0.2, -0.15) is 0 Å². The molecule has 0 radical (unpaired) electrons. The third-order valence-corrected chi connectivity index (χ3v) is 6.35. The first-order valence-electron chi connectivity index (χ1n) is 12.2. The Hall–Kier alpha value is -4.58. The minimum absolute atomic E-state index is 0.00812. The number of rotatable bonds is 6. The minimum atomic E-state index is -0.930. The zero-order chi connectivity index (χ0) is 26.1. The van der Waals surface area contributed by atoms with Crippen LogP contribution in [-0.2, 0) is 9.59 Å². The molecule has 6 nitrogen and oxygen atoms in total. The maximum absolute atomic E-state index is 13.4. The molecule has 1 unspecified atom stereocenters. The average molecular weight is 494 g/mol. The first-order chi connectivity index (χ1) is 17.8. The molecular weight excluding hydrogens is 466 g/mol. The standard InChI is InChI=1S/C31H27NO5/c1-19(2)18-37-26-14-12-24(13-15-26)32-28(22-8-5-9-25(33)17-22)27(30(35)31(32)36)29(34)23-11-10-20-6-3-4-7-21(20)16-23/h3-17,19,28,33-34H,18H2,1-2H3/b29-27-. The van der Waals surface area contributed by atoms with Crippen LogP contribution in [-0.4, -0.2) is 28.5 Å². The molecule has 1 aliphatic heterocycles. The smallest absolute Gasteiger partial charge is 0.300 e. The van der Waals surface area contributed by atoms with Gasteiger partial charge in [0.1, 0.15) is 17.3 Å². The monoisotopic (exact) mass is 493 g/mol. The molecule has 1 saturated heterocycles. The number of ketones is 1. The SMILES string of the molecule is CC(C)COc1ccc(N2C(=O)C(=O)/C(=C(\O)c3ccc4ccccc4c3)C2c2cccc(O)c2)cc1. The molecule has 2 N–H and O–H groups in total. The number of aliphatic hydroxyl groups excluding tert-OH is 1. The molecule has 4 aromatic rings. The van der Waals surface area contributed by atoms with E-state index in [1.165, 1.54) is 17.0 Å². The molecule has 5 rings (SSSR count). The summed E-state index contributed by atoms with van der Waals surface area (Å²) in [5.41, 5.74) is 1.37. The number of ether oxygens (including phenoxy) is 1. The summed E-state index contributed by atoms with van der Waals surface area (Å²) in [6, 6.07) is 25.4. The molecule has 1 amide bonds. The number of carbonyl (C=O) groups is 2. The van der Waals surface area contributed by atoms with E-state index in [9.17, 15) is 19.8 Å². The van der Waals surface area contributed by atoms with Crippen molar-refractivity contribution in [2.75, 3.05) is 11.5 Å². The van der Waals surface area contributed by atoms with Crippen molar-refractivity contribution in [1.29, 1.82) is 0 Å². The van der Waals surface area contributed by atoms with Crippen LogP contribution in [0.4, 0.5) is 5.69 Å². The molecule has 6 heteroatoms. The summed E-state index contributed by atoms with van der Waals surface area (Å²) in [5, 5.41) is 23.5. The van der Waals surface area contributed by atoms with E-state index in [0.29, 0.717) is 35.1 Å². The largest absolute Gasteiger partial charge is 0.508 e. The molecule has 1 atom stereocenters. The van der Waals surface area contributed by atoms with Gasteiger partial charge in [-0.3, -0.25) is 14.5 Å². The molecule has 1 aliphatic rings. The Bertz CT molecular complexity index is 1520. The fraction of sp³-hybridized carbons (Fsp3) is 0.161. The third-order valence-electron chi connectivity index (χ3n) is 6.35. The van der Waals surface area contributed by atoms with E-state index in [1.807, 2.05) is 30.3 Å². The van der Waals surface area contributed by atoms with Gasteiger partial charge in [0.05, 0.1) is 18.2 Å². The fourth-order valence-electron chi connectivity index (χ4n) is 4.57. The zero-order valence-electron chi connectivity index (χ0n) is 20.6. The lowest BCUT2D eigenvalue weighted by Gasteiger charge is -2.25. The number of hydrogen-bond donors (Lipinski definition) is 2. The summed E-state index contributed by atoms with van der Waals surface area (Å²) < 4.78 is 5.76. The van der Waals surface area contributed by atoms with Crippen molar-refractivity contribution in [3.05, 3.63) is 108 Å². The summed E-state index contributed by atoms with van der Waals surface area (Å²) in [6.07, 6.45) is 0. The van der Waals surface area contributed by atoms with Crippen LogP contribution in [0.2, 0.25) is 0 Å². The van der Waals surface area contributed by atoms with Crippen molar-refractivity contribution in [2.45, 2.75) is 19.9 Å². The molecule has 0 aliphatic carbocycles. The lowest BCUT2D eigenvalue weighted by Crippen LogP contribution is -2.29. The highest BCUT2D eigenvalue weighted by Crippen LogP contribution is 2.43. The van der Waals surface area contributed by atoms with Crippen molar-refractivity contribution in [2.24, 2.45) is 5.92 Å². The highest BCUT2D eigenvalue weighted by atomic mass is 16.5. The van der Waals surface area contributed by atoms with E-state index < -0.39 is 17.7 Å². The second-order valence-electron chi connectivity index (χ2n) is 9.52. The average Bonchev–Trinajstić information content (AvgIpc) is 3.17. The number of hydrogen-bond acceptors (Lipinski definition) is 5. The van der Waals surface area contributed by atoms with Gasteiger partial charge in [-0.05, 0) is 64.7 Å². The molecule has 1 fully saturated rings. The first-order valence-corrected chi connectivity index (χ1v) is 12.2. The Kier molecular flexibility index (Phi) is 6.40. The number of aliphatic hydroxyl groups is 1. The van der Waals surface area contributed by atoms with Crippen molar-refractivity contribution in [1.82, 2.24) is 0 Å². The molecule has 0 aromatic heterocycles. The summed E-state index contributed by atoms with van der Waals surface area (Å²) in [7, 11) is 0. The second-order valence-corrected chi connectivity index (χ2v) is 9.52. The number of amides is 1. The molecule has 186 valence electrons. The number of aromatic hydroxyl groups is 1. The number of carbonyl (C=O) groups excluding carboxylic acids is 2. The number of fused-ring (bicyclic) bond motifs is 1. The van der Waals surface area contributed by atoms with Gasteiger partial charge in [0.25, 0.3) is 11.7 Å². The molecule has 0 spiro atoms. The van der Waals surface area contributed by atoms with E-state index in [-0.39, 0.29) is 17.1 Å². The summed E-state index contributed by atoms with van der Waals surface area (Å²) in [6.45, 7) is 4.66. The molecule has 4 aromatic carbocycles. The number of anilines is 1. The van der Waals surface area contributed by atoms with Crippen LogP contribution in [0, 0.1) is 5.92 Å². The van der Waals surface area contributed by atoms with Crippen LogP contribution in [0.15, 0.2) is 96.6 Å². The van der Waals surface area contributed by atoms with Gasteiger partial charge >= 0.3 is 0 Å². The minimum Gasteiger partial charge on any atom is -0.508 e. The van der Waals surface area contributed by atoms with Crippen LogP contribution in [0.25, 0.3) is 16.5 Å². The van der Waals surface area contributed by atoms with Gasteiger partial charge in [0.15, 0.2) is 0 Å². The molecule has 1 heterocycles. The molecule has 0 bridgehead atoms. The van der Waals surface area contributed by atoms with Crippen LogP contribution >= 0.6 is 0 Å². The number of nitrogens with zero attached hydrogens (tertiary/aromatic N) is 1. The number of Topliss-reactive ketones (excluding diaryl/α,β-unsaturated/α-hetero) is 1. The maximum Gasteiger partial charge on any atom is 0.300 e. The Labute approximate surface area is 215 Å². The number of benzene rings is 4. The van der Waals surface area contributed by atoms with Crippen molar-refractivity contribution < 1.29 is 24.5 Å². The number of phenolic OH excluding ortho intramolecular Hbond substituents is 1. The Morgan fingerprint density at radius 3 is 2.32 bits per heavy atom. The Morgan fingerprint density at radius 1 is 0.892 bits per heavy atom. The van der Waals surface area contributed by atoms with Crippen LogP contribution in [0.1, 0.15) is 31.0 Å². The Balaban J connectivity index is 1.63. The quantitative estimate of drug-likeness (QED) is 0.190. The number of phenols is 1. The normalized spacial score (nSPS) is 17.1. The molecule has 0 saturated carbocycles. The van der Waals surface area contributed by atoms with Crippen LogP contribution in [0.5, 0.6) is 11.5 Å². The fourth-order valence-corrected chi connectivity index (χ4v) is 4.57. The predicted octanol–water partition coefficient (Wildman–Crippen LogP) is 6.21. The topological polar surface area (TPSA) is 87.1 Å². The highest BCUT2D eigenvalue weighted by molar-refractivity contribution is 6.51. The summed E-state index contributed by atoms with van der Waals surface area (Å²) in [4.78, 5) is 28.1. The van der Waals surface area contributed by atoms with Gasteiger partial charge in [-0.1, -0.05) is 62.4 Å².